The second-order valence-corrected chi connectivity index (χ2v) is 15.0. The number of hydrogen-bond acceptors (Lipinski definition) is 10. The lowest BCUT2D eigenvalue weighted by Crippen LogP contribution is -2.55. The van der Waals surface area contributed by atoms with E-state index in [0.717, 1.165) is 25.5 Å². The smallest absolute Gasteiger partial charge is 0.417 e. The Morgan fingerprint density at radius 1 is 1.19 bits per heavy atom. The number of pyridine rings is 1. The molecule has 0 radical (unpaired) electrons. The number of benzene rings is 1. The lowest BCUT2D eigenvalue weighted by molar-refractivity contribution is -0.137. The first-order chi connectivity index (χ1) is 25.1. The fraction of sp³-hybridized carbons (Fsp3) is 0.556. The maximum Gasteiger partial charge on any atom is 0.417 e. The molecule has 3 fully saturated rings. The first kappa shape index (κ1) is 36.8. The van der Waals surface area contributed by atoms with Crippen LogP contribution in [-0.2, 0) is 12.7 Å². The lowest BCUT2D eigenvalue weighted by Gasteiger charge is -2.44. The molecule has 0 bridgehead atoms. The predicted octanol–water partition coefficient (Wildman–Crippen LogP) is 5.88. The van der Waals surface area contributed by atoms with E-state index in [2.05, 4.69) is 37.0 Å². The van der Waals surface area contributed by atoms with Crippen LogP contribution in [0.4, 0.5) is 32.4 Å². The van der Waals surface area contributed by atoms with Crippen LogP contribution in [0.5, 0.6) is 6.01 Å². The summed E-state index contributed by atoms with van der Waals surface area (Å²) in [6.45, 7) is 9.69. The van der Waals surface area contributed by atoms with Gasteiger partial charge in [0.2, 0.25) is 0 Å². The van der Waals surface area contributed by atoms with Crippen molar-refractivity contribution in [2.24, 2.45) is 5.92 Å². The number of carbonyl (C=O) groups is 1. The van der Waals surface area contributed by atoms with Crippen LogP contribution in [0, 0.1) is 18.7 Å². The SMILES string of the molecule is Cc1cc(N)cc(-c2ncc3c(CN4CCC(N(C(=O)n5ccnn5)C(C)C)C(C)C4)nc(OC[C@@]45CCCN4C[C@H](F)C5)nc3c2F)c1C(F)(F)F. The number of ether oxygens (including phenoxy) is 1. The van der Waals surface area contributed by atoms with Gasteiger partial charge in [-0.2, -0.15) is 27.8 Å². The topological polar surface area (TPSA) is 131 Å². The van der Waals surface area contributed by atoms with Gasteiger partial charge in [0.15, 0.2) is 5.82 Å². The molecule has 3 aliphatic rings. The number of rotatable bonds is 8. The lowest BCUT2D eigenvalue weighted by atomic mass is 9.91. The van der Waals surface area contributed by atoms with Crippen LogP contribution in [0.15, 0.2) is 30.7 Å². The third kappa shape index (κ3) is 7.00. The largest absolute Gasteiger partial charge is 0.461 e. The molecule has 284 valence electrons. The highest BCUT2D eigenvalue weighted by molar-refractivity contribution is 5.86. The average Bonchev–Trinajstić information content (AvgIpc) is 3.81. The Morgan fingerprint density at radius 3 is 2.68 bits per heavy atom. The van der Waals surface area contributed by atoms with Crippen LogP contribution >= 0.6 is 0 Å². The molecule has 2 unspecified atom stereocenters. The molecule has 12 nitrogen and oxygen atoms in total. The van der Waals surface area contributed by atoms with Crippen molar-refractivity contribution in [3.63, 3.8) is 0 Å². The summed E-state index contributed by atoms with van der Waals surface area (Å²) in [5, 5.41) is 7.88. The summed E-state index contributed by atoms with van der Waals surface area (Å²) in [6, 6.07) is 1.61. The van der Waals surface area contributed by atoms with Gasteiger partial charge in [0.05, 0.1) is 29.2 Å². The summed E-state index contributed by atoms with van der Waals surface area (Å²) in [6.07, 6.45) is 0.991. The zero-order valence-corrected chi connectivity index (χ0v) is 30.1. The van der Waals surface area contributed by atoms with Crippen molar-refractivity contribution in [2.45, 2.75) is 89.9 Å². The summed E-state index contributed by atoms with van der Waals surface area (Å²) in [5.74, 6) is -1.05. The van der Waals surface area contributed by atoms with Crippen molar-refractivity contribution in [1.29, 1.82) is 0 Å². The molecule has 7 rings (SSSR count). The molecule has 2 N–H and O–H groups in total. The Labute approximate surface area is 303 Å². The van der Waals surface area contributed by atoms with Crippen molar-refractivity contribution in [3.8, 4) is 17.3 Å². The van der Waals surface area contributed by atoms with E-state index in [1.54, 1.807) is 0 Å². The third-order valence-corrected chi connectivity index (χ3v) is 10.9. The van der Waals surface area contributed by atoms with Gasteiger partial charge in [-0.1, -0.05) is 12.1 Å². The summed E-state index contributed by atoms with van der Waals surface area (Å²) in [7, 11) is 0. The van der Waals surface area contributed by atoms with Crippen LogP contribution < -0.4 is 10.5 Å². The Bertz CT molecular complexity index is 1990. The second-order valence-electron chi connectivity index (χ2n) is 15.0. The number of likely N-dealkylation sites (tertiary alicyclic amines) is 1. The Hall–Kier alpha value is -4.51. The van der Waals surface area contributed by atoms with Crippen molar-refractivity contribution >= 4 is 22.6 Å². The van der Waals surface area contributed by atoms with Crippen LogP contribution in [0.3, 0.4) is 0 Å². The number of nitrogen functional groups attached to an aromatic ring is 1. The number of aromatic nitrogens is 6. The average molecular weight is 743 g/mol. The number of nitrogens with two attached hydrogens (primary N) is 1. The minimum Gasteiger partial charge on any atom is -0.461 e. The number of hydrogen-bond donors (Lipinski definition) is 1. The molecular weight excluding hydrogens is 699 g/mol. The predicted molar refractivity (Wildman–Crippen MR) is 186 cm³/mol. The summed E-state index contributed by atoms with van der Waals surface area (Å²) in [4.78, 5) is 32.7. The van der Waals surface area contributed by atoms with E-state index < -0.39 is 40.5 Å². The molecule has 6 heterocycles. The van der Waals surface area contributed by atoms with E-state index in [4.69, 9.17) is 15.5 Å². The fourth-order valence-corrected chi connectivity index (χ4v) is 8.66. The van der Waals surface area contributed by atoms with E-state index >= 15 is 4.39 Å². The van der Waals surface area contributed by atoms with Crippen LogP contribution in [0.25, 0.3) is 22.2 Å². The van der Waals surface area contributed by atoms with E-state index in [0.29, 0.717) is 38.2 Å². The van der Waals surface area contributed by atoms with Gasteiger partial charge in [0.25, 0.3) is 0 Å². The van der Waals surface area contributed by atoms with Crippen molar-refractivity contribution in [3.05, 3.63) is 53.4 Å². The molecule has 0 spiro atoms. The molecule has 1 amide bonds. The molecule has 3 saturated heterocycles. The van der Waals surface area contributed by atoms with E-state index in [-0.39, 0.29) is 65.3 Å². The summed E-state index contributed by atoms with van der Waals surface area (Å²) >= 11 is 0. The van der Waals surface area contributed by atoms with Gasteiger partial charge in [-0.3, -0.25) is 14.8 Å². The van der Waals surface area contributed by atoms with Gasteiger partial charge in [0.1, 0.15) is 24.0 Å². The minimum absolute atomic E-state index is 0.0138. The molecule has 3 aromatic heterocycles. The highest BCUT2D eigenvalue weighted by atomic mass is 19.4. The molecule has 0 aliphatic carbocycles. The molecule has 53 heavy (non-hydrogen) atoms. The Kier molecular flexibility index (Phi) is 9.76. The quantitative estimate of drug-likeness (QED) is 0.173. The fourth-order valence-electron chi connectivity index (χ4n) is 8.66. The number of aryl methyl sites for hydroxylation is 1. The van der Waals surface area contributed by atoms with Gasteiger partial charge in [-0.05, 0) is 70.2 Å². The summed E-state index contributed by atoms with van der Waals surface area (Å²) < 4.78 is 81.5. The monoisotopic (exact) mass is 742 g/mol. The third-order valence-electron chi connectivity index (χ3n) is 10.9. The molecule has 4 aromatic rings. The Morgan fingerprint density at radius 2 is 1.98 bits per heavy atom. The molecule has 0 saturated carbocycles. The van der Waals surface area contributed by atoms with E-state index in [1.165, 1.54) is 36.3 Å². The van der Waals surface area contributed by atoms with Gasteiger partial charge in [-0.25, -0.2) is 13.6 Å². The van der Waals surface area contributed by atoms with E-state index in [9.17, 15) is 22.4 Å². The first-order valence-corrected chi connectivity index (χ1v) is 17.9. The molecular formula is C36H43F5N10O2. The van der Waals surface area contributed by atoms with Crippen LogP contribution in [0.1, 0.15) is 63.3 Å². The maximum absolute atomic E-state index is 16.7. The summed E-state index contributed by atoms with van der Waals surface area (Å²) in [5.41, 5.74) is 3.31. The van der Waals surface area contributed by atoms with Gasteiger partial charge >= 0.3 is 18.2 Å². The van der Waals surface area contributed by atoms with Crippen LogP contribution in [0.2, 0.25) is 0 Å². The number of amides is 1. The number of halogens is 5. The minimum atomic E-state index is -4.81. The number of fused-ring (bicyclic) bond motifs is 2. The first-order valence-electron chi connectivity index (χ1n) is 17.9. The number of alkyl halides is 4. The van der Waals surface area contributed by atoms with Crippen molar-refractivity contribution < 1.29 is 31.5 Å². The van der Waals surface area contributed by atoms with E-state index in [1.807, 2.05) is 18.7 Å². The van der Waals surface area contributed by atoms with Crippen molar-refractivity contribution in [2.75, 3.05) is 38.5 Å². The zero-order valence-electron chi connectivity index (χ0n) is 30.1. The Balaban J connectivity index is 1.23. The highest BCUT2D eigenvalue weighted by Gasteiger charge is 2.49. The van der Waals surface area contributed by atoms with Gasteiger partial charge in [0, 0.05) is 67.5 Å². The molecule has 3 aliphatic heterocycles. The molecule has 17 heteroatoms. The van der Waals surface area contributed by atoms with Crippen LogP contribution in [-0.4, -0.2) is 107 Å². The highest BCUT2D eigenvalue weighted by Crippen LogP contribution is 2.43. The van der Waals surface area contributed by atoms with Crippen molar-refractivity contribution in [1.82, 2.24) is 44.6 Å². The standard InChI is InChI=1S/C36H43F5N10O2/c1-20(2)51(34(52)50-11-8-44-47-50)28-6-10-48(16-22(28)4)18-27-26-15-43-31(25-13-24(42)12-21(3)29(25)36(39,40)41)30(38)32(26)46-33(45-27)53-19-35-7-5-9-49(35)17-23(37)14-35/h8,11-13,15,20,22-23,28H,5-7,9-10,14,16-19,42H2,1-4H3/t22?,23-,28?,35+/m1/s1. The number of carbonyl (C=O) groups excluding carboxylic acids is 1. The number of nitrogens with zero attached hydrogens (tertiary/aromatic N) is 9. The second kappa shape index (κ2) is 14.0. The number of anilines is 1. The molecule has 4 atom stereocenters. The normalized spacial score (nSPS) is 23.9. The van der Waals surface area contributed by atoms with Gasteiger partial charge in [-0.15, -0.1) is 5.10 Å². The maximum atomic E-state index is 16.7. The zero-order chi connectivity index (χ0) is 37.8. The molecule has 1 aromatic carbocycles. The van der Waals surface area contributed by atoms with Gasteiger partial charge < -0.3 is 15.4 Å². The number of piperidine rings is 1.